The van der Waals surface area contributed by atoms with Crippen molar-refractivity contribution >= 4 is 28.1 Å². The smallest absolute Gasteiger partial charge is 0.273 e. The fourth-order valence-electron chi connectivity index (χ4n) is 2.64. The molecule has 0 unspecified atom stereocenters. The summed E-state index contributed by atoms with van der Waals surface area (Å²) in [5, 5.41) is 13.6. The molecule has 0 atom stereocenters. The number of anilines is 1. The molecular weight excluding hydrogens is 362 g/mol. The third kappa shape index (κ3) is 4.27. The Morgan fingerprint density at radius 3 is 2.59 bits per heavy atom. The maximum atomic E-state index is 12.8. The van der Waals surface area contributed by atoms with Crippen molar-refractivity contribution in [1.82, 2.24) is 4.98 Å². The Morgan fingerprint density at radius 2 is 1.89 bits per heavy atom. The number of nitro benzene ring substituents is 1. The van der Waals surface area contributed by atoms with Crippen LogP contribution in [0.2, 0.25) is 0 Å². The van der Waals surface area contributed by atoms with Crippen LogP contribution < -0.4 is 4.90 Å². The maximum Gasteiger partial charge on any atom is 0.273 e. The first-order valence-corrected chi connectivity index (χ1v) is 9.12. The first-order chi connectivity index (χ1) is 13.1. The third-order valence-corrected chi connectivity index (χ3v) is 4.80. The van der Waals surface area contributed by atoms with E-state index in [1.54, 1.807) is 24.3 Å². The number of carbonyl (C=O) groups is 1. The first-order valence-electron chi connectivity index (χ1n) is 8.24. The van der Waals surface area contributed by atoms with Crippen molar-refractivity contribution in [3.8, 4) is 11.3 Å². The van der Waals surface area contributed by atoms with Crippen molar-refractivity contribution in [2.24, 2.45) is 0 Å². The van der Waals surface area contributed by atoms with E-state index in [9.17, 15) is 14.9 Å². The molecule has 0 fully saturated rings. The standard InChI is InChI=1S/C20H17N3O3S/c1-2-12-22(19(24)13-16-10-6-7-11-18(16)23(25)26)20-21-17(14-27-20)15-8-4-3-5-9-15/h2-11,14H,1,12-13H2. The molecule has 6 nitrogen and oxygen atoms in total. The lowest BCUT2D eigenvalue weighted by atomic mass is 10.1. The van der Waals surface area contributed by atoms with Gasteiger partial charge in [-0.25, -0.2) is 4.98 Å². The molecule has 0 saturated carbocycles. The van der Waals surface area contributed by atoms with Gasteiger partial charge in [0.15, 0.2) is 5.13 Å². The van der Waals surface area contributed by atoms with E-state index in [4.69, 9.17) is 0 Å². The van der Waals surface area contributed by atoms with Crippen LogP contribution in [0.4, 0.5) is 10.8 Å². The largest absolute Gasteiger partial charge is 0.284 e. The molecular formula is C20H17N3O3S. The summed E-state index contributed by atoms with van der Waals surface area (Å²) in [4.78, 5) is 29.6. The lowest BCUT2D eigenvalue weighted by molar-refractivity contribution is -0.385. The number of carbonyl (C=O) groups excluding carboxylic acids is 1. The Kier molecular flexibility index (Phi) is 5.73. The van der Waals surface area contributed by atoms with Crippen LogP contribution in [0.1, 0.15) is 5.56 Å². The van der Waals surface area contributed by atoms with Crippen LogP contribution in [0.15, 0.2) is 72.6 Å². The van der Waals surface area contributed by atoms with Gasteiger partial charge < -0.3 is 0 Å². The average molecular weight is 379 g/mol. The normalized spacial score (nSPS) is 10.4. The molecule has 7 heteroatoms. The number of para-hydroxylation sites is 1. The number of amides is 1. The number of rotatable bonds is 7. The molecule has 3 aromatic rings. The van der Waals surface area contributed by atoms with Crippen molar-refractivity contribution in [3.63, 3.8) is 0 Å². The molecule has 2 aromatic carbocycles. The summed E-state index contributed by atoms with van der Waals surface area (Å²) in [7, 11) is 0. The molecule has 1 aromatic heterocycles. The second kappa shape index (κ2) is 8.37. The van der Waals surface area contributed by atoms with E-state index in [2.05, 4.69) is 11.6 Å². The fraction of sp³-hybridized carbons (Fsp3) is 0.100. The Morgan fingerprint density at radius 1 is 1.19 bits per heavy atom. The van der Waals surface area contributed by atoms with Crippen molar-refractivity contribution in [2.75, 3.05) is 11.4 Å². The van der Waals surface area contributed by atoms with E-state index in [1.807, 2.05) is 35.7 Å². The van der Waals surface area contributed by atoms with E-state index in [0.29, 0.717) is 10.7 Å². The fourth-order valence-corrected chi connectivity index (χ4v) is 3.50. The minimum absolute atomic E-state index is 0.0616. The molecule has 0 aliphatic rings. The van der Waals surface area contributed by atoms with Gasteiger partial charge in [0.1, 0.15) is 0 Å². The number of benzene rings is 2. The van der Waals surface area contributed by atoms with Gasteiger partial charge in [-0.1, -0.05) is 54.6 Å². The first kappa shape index (κ1) is 18.5. The van der Waals surface area contributed by atoms with E-state index in [-0.39, 0.29) is 24.6 Å². The predicted molar refractivity (Wildman–Crippen MR) is 107 cm³/mol. The summed E-state index contributed by atoms with van der Waals surface area (Å²) in [5.74, 6) is -0.266. The van der Waals surface area contributed by atoms with Gasteiger partial charge in [0, 0.05) is 29.1 Å². The van der Waals surface area contributed by atoms with Gasteiger partial charge in [-0.2, -0.15) is 0 Å². The van der Waals surface area contributed by atoms with Gasteiger partial charge in [0.05, 0.1) is 17.0 Å². The number of hydrogen-bond acceptors (Lipinski definition) is 5. The maximum absolute atomic E-state index is 12.8. The summed E-state index contributed by atoms with van der Waals surface area (Å²) in [5.41, 5.74) is 2.06. The highest BCUT2D eigenvalue weighted by molar-refractivity contribution is 7.14. The van der Waals surface area contributed by atoms with Gasteiger partial charge in [0.25, 0.3) is 5.69 Å². The lowest BCUT2D eigenvalue weighted by Gasteiger charge is -2.18. The molecule has 0 N–H and O–H groups in total. The van der Waals surface area contributed by atoms with E-state index < -0.39 is 4.92 Å². The predicted octanol–water partition coefficient (Wildman–Crippen LogP) is 4.48. The van der Waals surface area contributed by atoms with E-state index in [0.717, 1.165) is 11.3 Å². The monoisotopic (exact) mass is 379 g/mol. The van der Waals surface area contributed by atoms with Gasteiger partial charge >= 0.3 is 0 Å². The summed E-state index contributed by atoms with van der Waals surface area (Å²) in [6, 6.07) is 15.9. The molecule has 27 heavy (non-hydrogen) atoms. The number of nitrogens with zero attached hydrogens (tertiary/aromatic N) is 3. The van der Waals surface area contributed by atoms with Crippen molar-refractivity contribution < 1.29 is 9.72 Å². The highest BCUT2D eigenvalue weighted by Gasteiger charge is 2.22. The highest BCUT2D eigenvalue weighted by atomic mass is 32.1. The van der Waals surface area contributed by atoms with Crippen LogP contribution in [-0.2, 0) is 11.2 Å². The second-order valence-electron chi connectivity index (χ2n) is 5.74. The van der Waals surface area contributed by atoms with E-state index >= 15 is 0 Å². The Hall–Kier alpha value is -3.32. The average Bonchev–Trinajstić information content (AvgIpc) is 3.16. The van der Waals surface area contributed by atoms with Crippen LogP contribution in [0.25, 0.3) is 11.3 Å². The van der Waals surface area contributed by atoms with E-state index in [1.165, 1.54) is 22.3 Å². The molecule has 136 valence electrons. The molecule has 0 saturated heterocycles. The zero-order valence-electron chi connectivity index (χ0n) is 14.4. The van der Waals surface area contributed by atoms with Crippen LogP contribution in [0, 0.1) is 10.1 Å². The van der Waals surface area contributed by atoms with Crippen molar-refractivity contribution in [2.45, 2.75) is 6.42 Å². The minimum atomic E-state index is -0.475. The molecule has 0 aliphatic carbocycles. The summed E-state index contributed by atoms with van der Waals surface area (Å²) in [6.45, 7) is 3.98. The topological polar surface area (TPSA) is 76.3 Å². The Bertz CT molecular complexity index is 969. The molecule has 1 amide bonds. The molecule has 0 spiro atoms. The van der Waals surface area contributed by atoms with Crippen molar-refractivity contribution in [1.29, 1.82) is 0 Å². The number of nitro groups is 1. The van der Waals surface area contributed by atoms with Gasteiger partial charge in [-0.3, -0.25) is 19.8 Å². The zero-order valence-corrected chi connectivity index (χ0v) is 15.3. The van der Waals surface area contributed by atoms with Crippen molar-refractivity contribution in [3.05, 3.63) is 88.3 Å². The molecule has 0 bridgehead atoms. The van der Waals surface area contributed by atoms with Crippen LogP contribution >= 0.6 is 11.3 Å². The van der Waals surface area contributed by atoms with Gasteiger partial charge in [0.2, 0.25) is 5.91 Å². The molecule has 3 rings (SSSR count). The summed E-state index contributed by atoms with van der Waals surface area (Å²) < 4.78 is 0. The molecule has 0 aliphatic heterocycles. The van der Waals surface area contributed by atoms with Crippen LogP contribution in [-0.4, -0.2) is 22.4 Å². The van der Waals surface area contributed by atoms with Crippen LogP contribution in [0.5, 0.6) is 0 Å². The molecule has 1 heterocycles. The number of hydrogen-bond donors (Lipinski definition) is 0. The Labute approximate surface area is 160 Å². The SMILES string of the molecule is C=CCN(C(=O)Cc1ccccc1[N+](=O)[O-])c1nc(-c2ccccc2)cs1. The molecule has 0 radical (unpaired) electrons. The Balaban J connectivity index is 1.86. The number of aromatic nitrogens is 1. The summed E-state index contributed by atoms with van der Waals surface area (Å²) >= 11 is 1.35. The van der Waals surface area contributed by atoms with Gasteiger partial charge in [-0.15, -0.1) is 17.9 Å². The summed E-state index contributed by atoms with van der Waals surface area (Å²) in [6.07, 6.45) is 1.53. The highest BCUT2D eigenvalue weighted by Crippen LogP contribution is 2.28. The quantitative estimate of drug-likeness (QED) is 0.344. The van der Waals surface area contributed by atoms with Crippen LogP contribution in [0.3, 0.4) is 0 Å². The van der Waals surface area contributed by atoms with Gasteiger partial charge in [-0.05, 0) is 0 Å². The third-order valence-electron chi connectivity index (χ3n) is 3.94. The second-order valence-corrected chi connectivity index (χ2v) is 6.57. The lowest BCUT2D eigenvalue weighted by Crippen LogP contribution is -2.32. The number of thiazole rings is 1. The zero-order chi connectivity index (χ0) is 19.2. The minimum Gasteiger partial charge on any atom is -0.284 e.